The summed E-state index contributed by atoms with van der Waals surface area (Å²) in [5, 5.41) is 0.377. The van der Waals surface area contributed by atoms with Crippen molar-refractivity contribution < 1.29 is 18.7 Å². The summed E-state index contributed by atoms with van der Waals surface area (Å²) >= 11 is 0. The molecule has 0 saturated heterocycles. The second-order valence-corrected chi connectivity index (χ2v) is 7.20. The van der Waals surface area contributed by atoms with Gasteiger partial charge in [-0.1, -0.05) is 0 Å². The third-order valence-corrected chi connectivity index (χ3v) is 4.60. The number of halogens is 1. The van der Waals surface area contributed by atoms with Gasteiger partial charge in [-0.05, 0) is 42.0 Å². The molecule has 3 rings (SSSR count). The zero-order valence-electron chi connectivity index (χ0n) is 11.4. The Hall–Kier alpha value is -1.49. The summed E-state index contributed by atoms with van der Waals surface area (Å²) in [7, 11) is -2.76. The molecule has 1 heterocycles. The molecule has 2 N–H and O–H groups in total. The number of aromatic nitrogens is 1. The van der Waals surface area contributed by atoms with Crippen molar-refractivity contribution in [3.05, 3.63) is 45.5 Å². The topological polar surface area (TPSA) is 79.5 Å². The Morgan fingerprint density at radius 1 is 1.33 bits per heavy atom. The van der Waals surface area contributed by atoms with Crippen LogP contribution in [0.25, 0.3) is 10.9 Å². The predicted octanol–water partition coefficient (Wildman–Crippen LogP) is 2.23. The maximum absolute atomic E-state index is 14.2. The van der Waals surface area contributed by atoms with E-state index < -0.39 is 13.8 Å². The second-order valence-electron chi connectivity index (χ2n) is 5.55. The lowest BCUT2D eigenvalue weighted by atomic mass is 10.0. The lowest BCUT2D eigenvalue weighted by Crippen LogP contribution is -2.17. The van der Waals surface area contributed by atoms with Crippen LogP contribution in [-0.4, -0.2) is 14.4 Å². The summed E-state index contributed by atoms with van der Waals surface area (Å²) in [5.41, 5.74) is 0.905. The predicted molar refractivity (Wildman–Crippen MR) is 76.9 cm³/mol. The molecule has 7 heteroatoms. The fraction of sp³-hybridized carbons (Fsp3) is 0.357. The highest BCUT2D eigenvalue weighted by Gasteiger charge is 2.28. The quantitative estimate of drug-likeness (QED) is 0.852. The molecule has 1 aliphatic carbocycles. The first-order valence-electron chi connectivity index (χ1n) is 6.63. The van der Waals surface area contributed by atoms with Crippen molar-refractivity contribution in [2.75, 3.05) is 0 Å². The van der Waals surface area contributed by atoms with Crippen LogP contribution in [0.4, 0.5) is 4.39 Å². The third kappa shape index (κ3) is 2.79. The van der Waals surface area contributed by atoms with Gasteiger partial charge in [0.1, 0.15) is 5.82 Å². The summed E-state index contributed by atoms with van der Waals surface area (Å²) in [6.45, 7) is 0. The van der Waals surface area contributed by atoms with E-state index in [1.54, 1.807) is 13.1 Å². The van der Waals surface area contributed by atoms with E-state index in [0.717, 1.165) is 18.9 Å². The average Bonchev–Trinajstić information content (AvgIpc) is 3.18. The van der Waals surface area contributed by atoms with Crippen LogP contribution in [0.15, 0.2) is 23.0 Å². The summed E-state index contributed by atoms with van der Waals surface area (Å²) in [5.74, 6) is -0.189. The largest absolute Gasteiger partial charge is 0.329 e. The molecule has 1 aliphatic rings. The minimum Gasteiger partial charge on any atom is -0.324 e. The molecule has 1 aromatic heterocycles. The van der Waals surface area contributed by atoms with Gasteiger partial charge in [0, 0.05) is 18.5 Å². The Bertz CT molecular complexity index is 835. The maximum atomic E-state index is 14.2. The fourth-order valence-corrected chi connectivity index (χ4v) is 3.32. The van der Waals surface area contributed by atoms with Crippen LogP contribution in [0.2, 0.25) is 0 Å². The minimum atomic E-state index is -4.33. The summed E-state index contributed by atoms with van der Waals surface area (Å²) in [4.78, 5) is 30.2. The van der Waals surface area contributed by atoms with Gasteiger partial charge in [0.15, 0.2) is 0 Å². The highest BCUT2D eigenvalue weighted by atomic mass is 31.2. The molecular formula is C14H15FNO4P. The number of benzene rings is 1. The molecule has 0 radical (unpaired) electrons. The highest BCUT2D eigenvalue weighted by molar-refractivity contribution is 7.50. The Morgan fingerprint density at radius 3 is 2.57 bits per heavy atom. The van der Waals surface area contributed by atoms with E-state index in [-0.39, 0.29) is 22.9 Å². The average molecular weight is 311 g/mol. The first kappa shape index (κ1) is 14.4. The number of pyridine rings is 1. The van der Waals surface area contributed by atoms with Crippen LogP contribution < -0.4 is 5.56 Å². The van der Waals surface area contributed by atoms with Crippen molar-refractivity contribution in [2.45, 2.75) is 24.9 Å². The van der Waals surface area contributed by atoms with Gasteiger partial charge in [-0.15, -0.1) is 0 Å². The van der Waals surface area contributed by atoms with Crippen molar-refractivity contribution in [1.29, 1.82) is 0 Å². The zero-order valence-corrected chi connectivity index (χ0v) is 12.3. The normalized spacial score (nSPS) is 15.6. The van der Waals surface area contributed by atoms with Crippen LogP contribution in [0, 0.1) is 5.82 Å². The molecule has 1 fully saturated rings. The molecule has 0 atom stereocenters. The van der Waals surface area contributed by atoms with E-state index in [9.17, 15) is 13.8 Å². The summed E-state index contributed by atoms with van der Waals surface area (Å²) in [6.07, 6.45) is 1.29. The van der Waals surface area contributed by atoms with Gasteiger partial charge >= 0.3 is 7.60 Å². The summed E-state index contributed by atoms with van der Waals surface area (Å²) in [6, 6.07) is 4.08. The Labute approximate surface area is 120 Å². The van der Waals surface area contributed by atoms with Crippen molar-refractivity contribution in [2.24, 2.45) is 7.05 Å². The molecule has 0 amide bonds. The number of aryl methyl sites for hydroxylation is 1. The molecule has 1 aromatic carbocycles. The number of fused-ring (bicyclic) bond motifs is 1. The van der Waals surface area contributed by atoms with Gasteiger partial charge in [0.25, 0.3) is 5.56 Å². The lowest BCUT2D eigenvalue weighted by Gasteiger charge is -2.13. The van der Waals surface area contributed by atoms with E-state index >= 15 is 0 Å². The van der Waals surface area contributed by atoms with Crippen molar-refractivity contribution in [3.8, 4) is 0 Å². The second kappa shape index (κ2) is 4.77. The third-order valence-electron chi connectivity index (χ3n) is 3.84. The van der Waals surface area contributed by atoms with E-state index in [2.05, 4.69) is 0 Å². The standard InChI is InChI=1S/C14H15FNO4P/c1-16-13-6-10(8-2-3-8)12(15)5-11(13)9(4-14(16)17)7-21(18,19)20/h4-6,8H,2-3,7H2,1H3,(H2,18,19,20). The van der Waals surface area contributed by atoms with Crippen LogP contribution >= 0.6 is 7.60 Å². The van der Waals surface area contributed by atoms with Gasteiger partial charge < -0.3 is 14.4 Å². The summed E-state index contributed by atoms with van der Waals surface area (Å²) < 4.78 is 26.8. The monoisotopic (exact) mass is 311 g/mol. The number of rotatable bonds is 3. The molecule has 5 nitrogen and oxygen atoms in total. The van der Waals surface area contributed by atoms with E-state index in [0.29, 0.717) is 16.5 Å². The molecule has 2 aromatic rings. The molecule has 112 valence electrons. The van der Waals surface area contributed by atoms with Gasteiger partial charge in [0.05, 0.1) is 11.7 Å². The molecule has 0 bridgehead atoms. The van der Waals surface area contributed by atoms with Crippen LogP contribution in [-0.2, 0) is 17.8 Å². The lowest BCUT2D eigenvalue weighted by molar-refractivity contribution is 0.372. The van der Waals surface area contributed by atoms with Crippen molar-refractivity contribution in [1.82, 2.24) is 4.57 Å². The molecule has 0 unspecified atom stereocenters. The number of hydrogen-bond donors (Lipinski definition) is 2. The van der Waals surface area contributed by atoms with Crippen molar-refractivity contribution in [3.63, 3.8) is 0 Å². The van der Waals surface area contributed by atoms with Crippen LogP contribution in [0.5, 0.6) is 0 Å². The first-order valence-corrected chi connectivity index (χ1v) is 8.42. The molecule has 1 saturated carbocycles. The Kier molecular flexibility index (Phi) is 3.28. The minimum absolute atomic E-state index is 0.183. The Balaban J connectivity index is 2.29. The zero-order chi connectivity index (χ0) is 15.4. The molecule has 0 spiro atoms. The fourth-order valence-electron chi connectivity index (χ4n) is 2.61. The van der Waals surface area contributed by atoms with Crippen molar-refractivity contribution >= 4 is 18.5 Å². The molecular weight excluding hydrogens is 296 g/mol. The van der Waals surface area contributed by atoms with Crippen LogP contribution in [0.3, 0.4) is 0 Å². The van der Waals surface area contributed by atoms with Gasteiger partial charge in [-0.3, -0.25) is 9.36 Å². The van der Waals surface area contributed by atoms with Gasteiger partial charge in [0.2, 0.25) is 0 Å². The number of nitrogens with zero attached hydrogens (tertiary/aromatic N) is 1. The molecule has 0 aliphatic heterocycles. The Morgan fingerprint density at radius 2 is 2.00 bits per heavy atom. The van der Waals surface area contributed by atoms with E-state index in [4.69, 9.17) is 9.79 Å². The highest BCUT2D eigenvalue weighted by Crippen LogP contribution is 2.44. The SMILES string of the molecule is Cn1c(=O)cc(CP(=O)(O)O)c2cc(F)c(C3CC3)cc21. The molecule has 21 heavy (non-hydrogen) atoms. The van der Waals surface area contributed by atoms with E-state index in [1.807, 2.05) is 0 Å². The number of hydrogen-bond acceptors (Lipinski definition) is 2. The smallest absolute Gasteiger partial charge is 0.324 e. The van der Waals surface area contributed by atoms with Crippen LogP contribution in [0.1, 0.15) is 29.9 Å². The van der Waals surface area contributed by atoms with Gasteiger partial charge in [-0.2, -0.15) is 0 Å². The maximum Gasteiger partial charge on any atom is 0.329 e. The first-order chi connectivity index (χ1) is 9.76. The van der Waals surface area contributed by atoms with Gasteiger partial charge in [-0.25, -0.2) is 4.39 Å². The van der Waals surface area contributed by atoms with E-state index in [1.165, 1.54) is 10.6 Å².